The molecule has 0 amide bonds. The molecule has 1 rings (SSSR count). The van der Waals surface area contributed by atoms with Crippen LogP contribution in [-0.4, -0.2) is 23.3 Å². The highest BCUT2D eigenvalue weighted by molar-refractivity contribution is 5.74. The smallest absolute Gasteiger partial charge is 0.311 e. The van der Waals surface area contributed by atoms with Crippen molar-refractivity contribution in [1.29, 1.82) is 0 Å². The molecule has 4 unspecified atom stereocenters. The summed E-state index contributed by atoms with van der Waals surface area (Å²) in [6.45, 7) is 7.06. The Hall–Kier alpha value is -0.830. The summed E-state index contributed by atoms with van der Waals surface area (Å²) in [5.41, 5.74) is 0. The van der Waals surface area contributed by atoms with Gasteiger partial charge in [0.25, 0.3) is 0 Å². The van der Waals surface area contributed by atoms with Gasteiger partial charge in [0.2, 0.25) is 0 Å². The molecule has 12 heavy (non-hydrogen) atoms. The first-order chi connectivity index (χ1) is 5.57. The van der Waals surface area contributed by atoms with Gasteiger partial charge in [-0.25, -0.2) is 0 Å². The predicted octanol–water partition coefficient (Wildman–Crippen LogP) is 0.731. The quantitative estimate of drug-likeness (QED) is 0.466. The standard InChI is InChI=1S/C9H14O3/c1-4-7-5(2)8(10)6(3)9(11)12-7/h4-8,10H,1H2,2-3H3. The number of aliphatic hydroxyl groups excluding tert-OH is 1. The molecule has 0 spiro atoms. The Bertz CT molecular complexity index is 198. The minimum Gasteiger partial charge on any atom is -0.457 e. The van der Waals surface area contributed by atoms with Crippen LogP contribution in [-0.2, 0) is 9.53 Å². The minimum absolute atomic E-state index is 0.0600. The summed E-state index contributed by atoms with van der Waals surface area (Å²) in [6, 6.07) is 0. The molecule has 4 atom stereocenters. The summed E-state index contributed by atoms with van der Waals surface area (Å²) in [5.74, 6) is -0.822. The molecule has 1 N–H and O–H groups in total. The van der Waals surface area contributed by atoms with E-state index in [2.05, 4.69) is 6.58 Å². The lowest BCUT2D eigenvalue weighted by molar-refractivity contribution is -0.172. The van der Waals surface area contributed by atoms with Crippen molar-refractivity contribution in [1.82, 2.24) is 0 Å². The van der Waals surface area contributed by atoms with Crippen LogP contribution in [0, 0.1) is 11.8 Å². The van der Waals surface area contributed by atoms with Crippen molar-refractivity contribution in [3.05, 3.63) is 12.7 Å². The molecule has 0 saturated carbocycles. The lowest BCUT2D eigenvalue weighted by Gasteiger charge is -2.34. The van der Waals surface area contributed by atoms with Gasteiger partial charge in [-0.2, -0.15) is 0 Å². The van der Waals surface area contributed by atoms with Crippen LogP contribution in [0.25, 0.3) is 0 Å². The van der Waals surface area contributed by atoms with Gasteiger partial charge in [-0.15, -0.1) is 0 Å². The molecule has 1 aliphatic rings. The SMILES string of the molecule is C=CC1OC(=O)C(C)C(O)C1C. The highest BCUT2D eigenvalue weighted by Crippen LogP contribution is 2.26. The fourth-order valence-corrected chi connectivity index (χ4v) is 1.40. The van der Waals surface area contributed by atoms with Crippen LogP contribution in [0.5, 0.6) is 0 Å². The molecule has 3 heteroatoms. The van der Waals surface area contributed by atoms with Crippen LogP contribution < -0.4 is 0 Å². The van der Waals surface area contributed by atoms with E-state index in [-0.39, 0.29) is 18.0 Å². The second-order valence-corrected chi connectivity index (χ2v) is 3.28. The Morgan fingerprint density at radius 3 is 2.67 bits per heavy atom. The summed E-state index contributed by atoms with van der Waals surface area (Å²) in [5, 5.41) is 9.57. The van der Waals surface area contributed by atoms with E-state index in [0.717, 1.165) is 0 Å². The monoisotopic (exact) mass is 170 g/mol. The molecule has 1 saturated heterocycles. The fourth-order valence-electron chi connectivity index (χ4n) is 1.40. The normalized spacial score (nSPS) is 42.1. The number of hydrogen-bond donors (Lipinski definition) is 1. The average Bonchev–Trinajstić information content (AvgIpc) is 2.08. The third-order valence-electron chi connectivity index (χ3n) is 2.43. The first-order valence-electron chi connectivity index (χ1n) is 4.09. The van der Waals surface area contributed by atoms with Crippen LogP contribution >= 0.6 is 0 Å². The van der Waals surface area contributed by atoms with E-state index in [4.69, 9.17) is 4.74 Å². The summed E-state index contributed by atoms with van der Waals surface area (Å²) in [7, 11) is 0. The van der Waals surface area contributed by atoms with E-state index in [0.29, 0.717) is 0 Å². The lowest BCUT2D eigenvalue weighted by Crippen LogP contribution is -2.45. The summed E-state index contributed by atoms with van der Waals surface area (Å²) in [6.07, 6.45) is 0.593. The zero-order chi connectivity index (χ0) is 9.30. The number of carbonyl (C=O) groups is 1. The lowest BCUT2D eigenvalue weighted by atomic mass is 9.86. The maximum absolute atomic E-state index is 11.1. The molecule has 3 nitrogen and oxygen atoms in total. The number of hydrogen-bond acceptors (Lipinski definition) is 3. The Labute approximate surface area is 72.0 Å². The van der Waals surface area contributed by atoms with E-state index < -0.39 is 12.0 Å². The van der Waals surface area contributed by atoms with Crippen LogP contribution in [0.3, 0.4) is 0 Å². The third kappa shape index (κ3) is 1.37. The number of rotatable bonds is 1. The summed E-state index contributed by atoms with van der Waals surface area (Å²) in [4.78, 5) is 11.1. The predicted molar refractivity (Wildman–Crippen MR) is 44.4 cm³/mol. The van der Waals surface area contributed by atoms with Crippen molar-refractivity contribution in [2.45, 2.75) is 26.1 Å². The van der Waals surface area contributed by atoms with E-state index in [1.807, 2.05) is 6.92 Å². The van der Waals surface area contributed by atoms with Crippen molar-refractivity contribution in [2.75, 3.05) is 0 Å². The third-order valence-corrected chi connectivity index (χ3v) is 2.43. The maximum Gasteiger partial charge on any atom is 0.311 e. The Morgan fingerprint density at radius 2 is 2.17 bits per heavy atom. The molecule has 0 aliphatic carbocycles. The zero-order valence-electron chi connectivity index (χ0n) is 7.36. The van der Waals surface area contributed by atoms with Gasteiger partial charge in [-0.3, -0.25) is 4.79 Å². The minimum atomic E-state index is -0.616. The molecular formula is C9H14O3. The highest BCUT2D eigenvalue weighted by Gasteiger charge is 2.38. The van der Waals surface area contributed by atoms with Crippen LogP contribution in [0.1, 0.15) is 13.8 Å². The molecule has 0 aromatic rings. The molecule has 0 aromatic heterocycles. The molecule has 0 bridgehead atoms. The van der Waals surface area contributed by atoms with Gasteiger partial charge in [0.05, 0.1) is 12.0 Å². The average molecular weight is 170 g/mol. The van der Waals surface area contributed by atoms with E-state index >= 15 is 0 Å². The molecule has 1 heterocycles. The Kier molecular flexibility index (Phi) is 2.52. The largest absolute Gasteiger partial charge is 0.457 e. The Morgan fingerprint density at radius 1 is 1.58 bits per heavy atom. The first-order valence-corrected chi connectivity index (χ1v) is 4.09. The van der Waals surface area contributed by atoms with E-state index in [9.17, 15) is 9.90 Å². The van der Waals surface area contributed by atoms with Gasteiger partial charge < -0.3 is 9.84 Å². The second kappa shape index (κ2) is 3.27. The molecule has 1 aliphatic heterocycles. The van der Waals surface area contributed by atoms with E-state index in [1.165, 1.54) is 0 Å². The number of ether oxygens (including phenoxy) is 1. The molecule has 1 fully saturated rings. The Balaban J connectivity index is 2.76. The summed E-state index contributed by atoms with van der Waals surface area (Å²) < 4.78 is 5.01. The number of cyclic esters (lactones) is 1. The molecule has 0 radical (unpaired) electrons. The van der Waals surface area contributed by atoms with Gasteiger partial charge in [-0.1, -0.05) is 19.6 Å². The van der Waals surface area contributed by atoms with Crippen molar-refractivity contribution >= 4 is 5.97 Å². The maximum atomic E-state index is 11.1. The number of esters is 1. The topological polar surface area (TPSA) is 46.5 Å². The first kappa shape index (κ1) is 9.26. The van der Waals surface area contributed by atoms with Gasteiger partial charge in [0, 0.05) is 5.92 Å². The van der Waals surface area contributed by atoms with Gasteiger partial charge in [-0.05, 0) is 6.92 Å². The molecular weight excluding hydrogens is 156 g/mol. The van der Waals surface area contributed by atoms with Crippen molar-refractivity contribution in [3.8, 4) is 0 Å². The zero-order valence-corrected chi connectivity index (χ0v) is 7.36. The second-order valence-electron chi connectivity index (χ2n) is 3.28. The number of carbonyl (C=O) groups excluding carboxylic acids is 1. The van der Waals surface area contributed by atoms with E-state index in [1.54, 1.807) is 13.0 Å². The van der Waals surface area contributed by atoms with Gasteiger partial charge in [0.1, 0.15) is 6.10 Å². The summed E-state index contributed by atoms with van der Waals surface area (Å²) >= 11 is 0. The van der Waals surface area contributed by atoms with Crippen LogP contribution in [0.4, 0.5) is 0 Å². The molecule has 0 aromatic carbocycles. The van der Waals surface area contributed by atoms with Crippen LogP contribution in [0.2, 0.25) is 0 Å². The van der Waals surface area contributed by atoms with Crippen LogP contribution in [0.15, 0.2) is 12.7 Å². The van der Waals surface area contributed by atoms with Gasteiger partial charge in [0.15, 0.2) is 0 Å². The molecule has 68 valence electrons. The fraction of sp³-hybridized carbons (Fsp3) is 0.667. The number of aliphatic hydroxyl groups is 1. The van der Waals surface area contributed by atoms with Crippen molar-refractivity contribution in [3.63, 3.8) is 0 Å². The van der Waals surface area contributed by atoms with Crippen molar-refractivity contribution < 1.29 is 14.6 Å². The van der Waals surface area contributed by atoms with Crippen molar-refractivity contribution in [2.24, 2.45) is 11.8 Å². The highest BCUT2D eigenvalue weighted by atomic mass is 16.5. The van der Waals surface area contributed by atoms with Gasteiger partial charge >= 0.3 is 5.97 Å².